The van der Waals surface area contributed by atoms with Crippen LogP contribution in [0.5, 0.6) is 5.75 Å². The Morgan fingerprint density at radius 3 is 2.72 bits per heavy atom. The first-order valence-electron chi connectivity index (χ1n) is 8.26. The fraction of sp³-hybridized carbons (Fsp3) is 0.412. The van der Waals surface area contributed by atoms with Gasteiger partial charge in [0.1, 0.15) is 11.4 Å². The number of nitrogens with zero attached hydrogens (tertiary/aromatic N) is 2. The second kappa shape index (κ2) is 8.26. The molecule has 1 unspecified atom stereocenters. The van der Waals surface area contributed by atoms with Crippen molar-refractivity contribution >= 4 is 18.3 Å². The second-order valence-corrected chi connectivity index (χ2v) is 6.15. The van der Waals surface area contributed by atoms with Crippen LogP contribution in [0.3, 0.4) is 0 Å². The summed E-state index contributed by atoms with van der Waals surface area (Å²) < 4.78 is 6.67. The van der Waals surface area contributed by atoms with Crippen LogP contribution in [0.4, 0.5) is 5.69 Å². The van der Waals surface area contributed by atoms with Crippen molar-refractivity contribution in [3.8, 4) is 17.1 Å². The van der Waals surface area contributed by atoms with Gasteiger partial charge in [-0.05, 0) is 31.5 Å². The Morgan fingerprint density at radius 1 is 1.40 bits per heavy atom. The van der Waals surface area contributed by atoms with Gasteiger partial charge in [0, 0.05) is 18.0 Å². The normalized spacial score (nSPS) is 12.0. The minimum atomic E-state index is -0.388. The van der Waals surface area contributed by atoms with Gasteiger partial charge in [-0.25, -0.2) is 9.66 Å². The van der Waals surface area contributed by atoms with Crippen molar-refractivity contribution in [2.45, 2.75) is 37.6 Å². The highest BCUT2D eigenvalue weighted by Crippen LogP contribution is 2.32. The molecule has 0 spiro atoms. The van der Waals surface area contributed by atoms with E-state index in [1.165, 1.54) is 0 Å². The third-order valence-electron chi connectivity index (χ3n) is 3.85. The zero-order valence-corrected chi connectivity index (χ0v) is 15.6. The van der Waals surface area contributed by atoms with Crippen molar-refractivity contribution in [1.82, 2.24) is 9.66 Å². The molecule has 0 amide bonds. The molecule has 5 N–H and O–H groups in total. The van der Waals surface area contributed by atoms with Crippen LogP contribution in [-0.4, -0.2) is 23.3 Å². The maximum absolute atomic E-state index is 12.7. The molecule has 0 aliphatic heterocycles. The highest BCUT2D eigenvalue weighted by atomic mass is 32.1. The molecule has 25 heavy (non-hydrogen) atoms. The lowest BCUT2D eigenvalue weighted by atomic mass is 10.1. The summed E-state index contributed by atoms with van der Waals surface area (Å²) in [5.74, 6) is 6.91. The number of nitrogens with two attached hydrogens (primary N) is 2. The number of hydrogen-bond donors (Lipinski definition) is 4. The third kappa shape index (κ3) is 3.91. The van der Waals surface area contributed by atoms with E-state index in [1.54, 1.807) is 19.2 Å². The Balaban J connectivity index is 2.74. The van der Waals surface area contributed by atoms with Crippen molar-refractivity contribution < 1.29 is 4.74 Å². The Hall–Kier alpha value is -2.19. The molecule has 1 heterocycles. The van der Waals surface area contributed by atoms with Gasteiger partial charge in [0.25, 0.3) is 5.56 Å². The highest BCUT2D eigenvalue weighted by molar-refractivity contribution is 7.80. The van der Waals surface area contributed by atoms with E-state index in [9.17, 15) is 4.79 Å². The minimum Gasteiger partial charge on any atom is -0.493 e. The van der Waals surface area contributed by atoms with Crippen LogP contribution in [0.15, 0.2) is 27.9 Å². The SMILES string of the molecule is CCCC(N)c1nc(-c2cc(S)ccc2OCC)n(N)c(=O)c1NC. The molecular formula is C17H25N5O2S. The molecule has 1 aromatic carbocycles. The predicted octanol–water partition coefficient (Wildman–Crippen LogP) is 2.15. The number of anilines is 1. The first-order valence-corrected chi connectivity index (χ1v) is 8.70. The molecule has 0 aliphatic carbocycles. The fourth-order valence-corrected chi connectivity index (χ4v) is 2.87. The average Bonchev–Trinajstić information content (AvgIpc) is 2.59. The van der Waals surface area contributed by atoms with Gasteiger partial charge >= 0.3 is 0 Å². The molecule has 1 atom stereocenters. The number of aromatic nitrogens is 2. The second-order valence-electron chi connectivity index (χ2n) is 5.63. The monoisotopic (exact) mass is 363 g/mol. The van der Waals surface area contributed by atoms with Gasteiger partial charge in [-0.1, -0.05) is 13.3 Å². The lowest BCUT2D eigenvalue weighted by Crippen LogP contribution is -2.34. The van der Waals surface area contributed by atoms with E-state index in [0.717, 1.165) is 11.1 Å². The van der Waals surface area contributed by atoms with Gasteiger partial charge in [0.15, 0.2) is 5.82 Å². The van der Waals surface area contributed by atoms with E-state index in [0.29, 0.717) is 46.4 Å². The first-order chi connectivity index (χ1) is 11.9. The van der Waals surface area contributed by atoms with Crippen LogP contribution in [0.2, 0.25) is 0 Å². The molecule has 0 saturated heterocycles. The van der Waals surface area contributed by atoms with Crippen LogP contribution >= 0.6 is 12.6 Å². The van der Waals surface area contributed by atoms with Gasteiger partial charge in [-0.15, -0.1) is 12.6 Å². The molecule has 0 aliphatic rings. The van der Waals surface area contributed by atoms with Crippen LogP contribution in [0, 0.1) is 0 Å². The number of nitrogens with one attached hydrogen (secondary N) is 1. The van der Waals surface area contributed by atoms with E-state index < -0.39 is 0 Å². The van der Waals surface area contributed by atoms with Gasteiger partial charge < -0.3 is 21.6 Å². The van der Waals surface area contributed by atoms with Crippen molar-refractivity contribution in [3.63, 3.8) is 0 Å². The Bertz CT molecular complexity index is 806. The summed E-state index contributed by atoms with van der Waals surface area (Å²) in [5, 5.41) is 2.87. The zero-order chi connectivity index (χ0) is 18.6. The Morgan fingerprint density at radius 2 is 2.12 bits per heavy atom. The van der Waals surface area contributed by atoms with Crippen molar-refractivity contribution in [3.05, 3.63) is 34.2 Å². The fourth-order valence-electron chi connectivity index (χ4n) is 2.67. The van der Waals surface area contributed by atoms with Crippen LogP contribution in [0.1, 0.15) is 38.4 Å². The summed E-state index contributed by atoms with van der Waals surface area (Å²) in [4.78, 5) is 18.0. The van der Waals surface area contributed by atoms with E-state index in [2.05, 4.69) is 22.9 Å². The maximum Gasteiger partial charge on any atom is 0.295 e. The number of nitrogen functional groups attached to an aromatic ring is 1. The van der Waals surface area contributed by atoms with Crippen molar-refractivity contribution in [1.29, 1.82) is 0 Å². The smallest absolute Gasteiger partial charge is 0.295 e. The lowest BCUT2D eigenvalue weighted by Gasteiger charge is -2.19. The van der Waals surface area contributed by atoms with Gasteiger partial charge in [0.2, 0.25) is 0 Å². The average molecular weight is 363 g/mol. The molecule has 0 saturated carbocycles. The van der Waals surface area contributed by atoms with Crippen molar-refractivity contribution in [2.75, 3.05) is 24.8 Å². The summed E-state index contributed by atoms with van der Waals surface area (Å²) in [7, 11) is 1.65. The van der Waals surface area contributed by atoms with E-state index in [1.807, 2.05) is 19.9 Å². The Kier molecular flexibility index (Phi) is 6.33. The zero-order valence-electron chi connectivity index (χ0n) is 14.7. The number of ether oxygens (including phenoxy) is 1. The topological polar surface area (TPSA) is 108 Å². The summed E-state index contributed by atoms with van der Waals surface area (Å²) in [6.45, 7) is 4.39. The number of thiol groups is 1. The van der Waals surface area contributed by atoms with Crippen LogP contribution in [-0.2, 0) is 0 Å². The van der Waals surface area contributed by atoms with Gasteiger partial charge in [0.05, 0.1) is 17.9 Å². The molecule has 0 bridgehead atoms. The largest absolute Gasteiger partial charge is 0.493 e. The van der Waals surface area contributed by atoms with Crippen molar-refractivity contribution in [2.24, 2.45) is 5.73 Å². The van der Waals surface area contributed by atoms with E-state index >= 15 is 0 Å². The molecule has 136 valence electrons. The first kappa shape index (κ1) is 19.1. The lowest BCUT2D eigenvalue weighted by molar-refractivity contribution is 0.341. The number of benzene rings is 1. The predicted molar refractivity (Wildman–Crippen MR) is 104 cm³/mol. The summed E-state index contributed by atoms with van der Waals surface area (Å²) in [6.07, 6.45) is 1.59. The van der Waals surface area contributed by atoms with E-state index in [4.69, 9.17) is 16.3 Å². The molecular weight excluding hydrogens is 338 g/mol. The standard InChI is InChI=1S/C17H25N5O2S/c1-4-6-12(18)14-15(20-3)17(23)22(19)16(21-14)11-9-10(25)7-8-13(11)24-5-2/h7-9,12,20,25H,4-6,18-19H2,1-3H3. The molecule has 2 aromatic rings. The molecule has 0 fully saturated rings. The molecule has 7 nitrogen and oxygen atoms in total. The van der Waals surface area contributed by atoms with Gasteiger partial charge in [-0.3, -0.25) is 4.79 Å². The van der Waals surface area contributed by atoms with Crippen LogP contribution < -0.4 is 27.2 Å². The summed E-state index contributed by atoms with van der Waals surface area (Å²) >= 11 is 4.37. The van der Waals surface area contributed by atoms with Crippen LogP contribution in [0.25, 0.3) is 11.4 Å². The van der Waals surface area contributed by atoms with Gasteiger partial charge in [-0.2, -0.15) is 0 Å². The molecule has 0 radical (unpaired) electrons. The number of rotatable bonds is 7. The molecule has 1 aromatic heterocycles. The molecule has 2 rings (SSSR count). The molecule has 8 heteroatoms. The van der Waals surface area contributed by atoms with E-state index in [-0.39, 0.29) is 11.6 Å². The number of hydrogen-bond acceptors (Lipinski definition) is 7. The quantitative estimate of drug-likeness (QED) is 0.443. The third-order valence-corrected chi connectivity index (χ3v) is 4.13. The summed E-state index contributed by atoms with van der Waals surface area (Å²) in [5.41, 5.74) is 7.26. The minimum absolute atomic E-state index is 0.296. The maximum atomic E-state index is 12.7. The summed E-state index contributed by atoms with van der Waals surface area (Å²) in [6, 6.07) is 5.00. The Labute approximate surface area is 152 Å². The highest BCUT2D eigenvalue weighted by Gasteiger charge is 2.21.